The summed E-state index contributed by atoms with van der Waals surface area (Å²) >= 11 is 0. The second kappa shape index (κ2) is 2.86. The largest absolute Gasteiger partial charge is 0.379 e. The molecular weight excluding hydrogens is 138 g/mol. The highest BCUT2D eigenvalue weighted by molar-refractivity contribution is 5.85. The van der Waals surface area contributed by atoms with Gasteiger partial charge in [-0.3, -0.25) is 5.32 Å². The molecule has 1 aliphatic heterocycles. The molecule has 1 atom stereocenters. The van der Waals surface area contributed by atoms with E-state index in [0.29, 0.717) is 0 Å². The van der Waals surface area contributed by atoms with Gasteiger partial charge in [0.05, 0.1) is 0 Å². The number of hydrogen-bond donors (Lipinski definition) is 2. The van der Waals surface area contributed by atoms with Gasteiger partial charge >= 0.3 is 0 Å². The Morgan fingerprint density at radius 3 is 2.22 bits per heavy atom. The predicted octanol–water partition coefficient (Wildman–Crippen LogP) is 0.889. The summed E-state index contributed by atoms with van der Waals surface area (Å²) in [5, 5.41) is 12.0. The molecule has 56 valence electrons. The first-order chi connectivity index (χ1) is 3.60. The predicted molar refractivity (Wildman–Crippen MR) is 39.7 cm³/mol. The van der Waals surface area contributed by atoms with Crippen molar-refractivity contribution in [1.29, 1.82) is 0 Å². The molecule has 0 aromatic heterocycles. The van der Waals surface area contributed by atoms with E-state index in [-0.39, 0.29) is 24.2 Å². The van der Waals surface area contributed by atoms with Gasteiger partial charge in [0, 0.05) is 5.54 Å². The molecule has 9 heavy (non-hydrogen) atoms. The lowest BCUT2D eigenvalue weighted by atomic mass is 10.0. The summed E-state index contributed by atoms with van der Waals surface area (Å²) in [4.78, 5) is 0. The number of hydrogen-bond acceptors (Lipinski definition) is 2. The van der Waals surface area contributed by atoms with Crippen molar-refractivity contribution in [2.75, 3.05) is 0 Å². The first kappa shape index (κ1) is 9.21. The standard InChI is InChI=1S/C6H13NO.ClH/c1-6(2)4-3-5(8)7-6;/h5,7-8H,3-4H2,1-2H3;1H. The molecule has 0 bridgehead atoms. The smallest absolute Gasteiger partial charge is 0.105 e. The van der Waals surface area contributed by atoms with Crippen LogP contribution in [0.15, 0.2) is 0 Å². The molecule has 1 saturated heterocycles. The van der Waals surface area contributed by atoms with Gasteiger partial charge in [-0.25, -0.2) is 0 Å². The van der Waals surface area contributed by atoms with Crippen molar-refractivity contribution in [2.24, 2.45) is 0 Å². The maximum absolute atomic E-state index is 8.95. The van der Waals surface area contributed by atoms with Gasteiger partial charge in [0.25, 0.3) is 0 Å². The molecule has 0 aromatic rings. The molecule has 1 rings (SSSR count). The van der Waals surface area contributed by atoms with Crippen LogP contribution in [-0.2, 0) is 0 Å². The molecule has 1 aliphatic rings. The Bertz CT molecular complexity index is 95.1. The van der Waals surface area contributed by atoms with Crippen LogP contribution in [0.3, 0.4) is 0 Å². The monoisotopic (exact) mass is 151 g/mol. The van der Waals surface area contributed by atoms with Crippen molar-refractivity contribution in [3.8, 4) is 0 Å². The van der Waals surface area contributed by atoms with Crippen LogP contribution < -0.4 is 5.32 Å². The number of aliphatic hydroxyl groups excluding tert-OH is 1. The first-order valence-corrected chi connectivity index (χ1v) is 3.06. The molecule has 0 saturated carbocycles. The van der Waals surface area contributed by atoms with E-state index in [2.05, 4.69) is 19.2 Å². The molecule has 0 amide bonds. The van der Waals surface area contributed by atoms with E-state index in [9.17, 15) is 0 Å². The molecule has 3 heteroatoms. The highest BCUT2D eigenvalue weighted by atomic mass is 35.5. The normalized spacial score (nSPS) is 31.7. The van der Waals surface area contributed by atoms with Gasteiger partial charge in [-0.1, -0.05) is 0 Å². The molecule has 1 heterocycles. The fourth-order valence-electron chi connectivity index (χ4n) is 1.09. The first-order valence-electron chi connectivity index (χ1n) is 3.06. The summed E-state index contributed by atoms with van der Waals surface area (Å²) in [6.07, 6.45) is 1.71. The Labute approximate surface area is 62.1 Å². The third-order valence-electron chi connectivity index (χ3n) is 1.60. The van der Waals surface area contributed by atoms with Crippen LogP contribution in [-0.4, -0.2) is 16.9 Å². The third kappa shape index (κ3) is 2.52. The van der Waals surface area contributed by atoms with E-state index in [4.69, 9.17) is 5.11 Å². The van der Waals surface area contributed by atoms with Crippen LogP contribution in [0.2, 0.25) is 0 Å². The van der Waals surface area contributed by atoms with E-state index in [1.54, 1.807) is 0 Å². The van der Waals surface area contributed by atoms with Crippen molar-refractivity contribution in [3.05, 3.63) is 0 Å². The average molecular weight is 152 g/mol. The lowest BCUT2D eigenvalue weighted by Gasteiger charge is -2.17. The van der Waals surface area contributed by atoms with Gasteiger partial charge < -0.3 is 5.11 Å². The number of rotatable bonds is 0. The van der Waals surface area contributed by atoms with Crippen LogP contribution in [0.1, 0.15) is 26.7 Å². The fourth-order valence-corrected chi connectivity index (χ4v) is 1.09. The molecule has 2 N–H and O–H groups in total. The van der Waals surface area contributed by atoms with Crippen molar-refractivity contribution in [3.63, 3.8) is 0 Å². The zero-order valence-corrected chi connectivity index (χ0v) is 6.66. The number of halogens is 1. The summed E-state index contributed by atoms with van der Waals surface area (Å²) in [5.74, 6) is 0. The molecule has 2 nitrogen and oxygen atoms in total. The van der Waals surface area contributed by atoms with Gasteiger partial charge in [-0.2, -0.15) is 0 Å². The molecular formula is C6H14ClNO. The third-order valence-corrected chi connectivity index (χ3v) is 1.60. The van der Waals surface area contributed by atoms with Gasteiger partial charge in [-0.05, 0) is 26.7 Å². The highest BCUT2D eigenvalue weighted by Gasteiger charge is 2.27. The summed E-state index contributed by atoms with van der Waals surface area (Å²) in [5.41, 5.74) is 0.166. The van der Waals surface area contributed by atoms with Gasteiger partial charge in [0.15, 0.2) is 0 Å². The average Bonchev–Trinajstić information content (AvgIpc) is 1.82. The Morgan fingerprint density at radius 1 is 1.56 bits per heavy atom. The lowest BCUT2D eigenvalue weighted by Crippen LogP contribution is -2.36. The highest BCUT2D eigenvalue weighted by Crippen LogP contribution is 2.19. The lowest BCUT2D eigenvalue weighted by molar-refractivity contribution is 0.146. The van der Waals surface area contributed by atoms with Crippen LogP contribution in [0, 0.1) is 0 Å². The summed E-state index contributed by atoms with van der Waals surface area (Å²) in [7, 11) is 0. The van der Waals surface area contributed by atoms with Gasteiger partial charge in [0.1, 0.15) is 6.23 Å². The zero-order valence-electron chi connectivity index (χ0n) is 5.85. The van der Waals surface area contributed by atoms with E-state index in [0.717, 1.165) is 12.8 Å². The maximum atomic E-state index is 8.95. The van der Waals surface area contributed by atoms with Crippen LogP contribution >= 0.6 is 12.4 Å². The Kier molecular flexibility index (Phi) is 2.93. The number of nitrogens with one attached hydrogen (secondary N) is 1. The van der Waals surface area contributed by atoms with Crippen molar-refractivity contribution in [2.45, 2.75) is 38.5 Å². The summed E-state index contributed by atoms with van der Waals surface area (Å²) in [6, 6.07) is 0. The molecule has 0 aliphatic carbocycles. The minimum atomic E-state index is -0.259. The minimum Gasteiger partial charge on any atom is -0.379 e. The Morgan fingerprint density at radius 2 is 2.11 bits per heavy atom. The molecule has 0 radical (unpaired) electrons. The van der Waals surface area contributed by atoms with Gasteiger partial charge in [-0.15, -0.1) is 12.4 Å². The summed E-state index contributed by atoms with van der Waals surface area (Å²) < 4.78 is 0. The fraction of sp³-hybridized carbons (Fsp3) is 1.00. The molecule has 0 spiro atoms. The van der Waals surface area contributed by atoms with Crippen molar-refractivity contribution in [1.82, 2.24) is 5.32 Å². The second-order valence-electron chi connectivity index (χ2n) is 3.08. The topological polar surface area (TPSA) is 32.3 Å². The van der Waals surface area contributed by atoms with E-state index < -0.39 is 0 Å². The zero-order chi connectivity index (χ0) is 6.20. The quantitative estimate of drug-likeness (QED) is 0.539. The van der Waals surface area contributed by atoms with E-state index >= 15 is 0 Å². The molecule has 1 unspecified atom stereocenters. The van der Waals surface area contributed by atoms with Crippen molar-refractivity contribution < 1.29 is 5.11 Å². The van der Waals surface area contributed by atoms with Gasteiger partial charge in [0.2, 0.25) is 0 Å². The molecule has 1 fully saturated rings. The van der Waals surface area contributed by atoms with Crippen LogP contribution in [0.4, 0.5) is 0 Å². The number of aliphatic hydroxyl groups is 1. The Hall–Kier alpha value is 0.210. The van der Waals surface area contributed by atoms with E-state index in [1.807, 2.05) is 0 Å². The van der Waals surface area contributed by atoms with E-state index in [1.165, 1.54) is 0 Å². The SMILES string of the molecule is CC1(C)CCC(O)N1.Cl. The second-order valence-corrected chi connectivity index (χ2v) is 3.08. The minimum absolute atomic E-state index is 0. The summed E-state index contributed by atoms with van der Waals surface area (Å²) in [6.45, 7) is 4.20. The maximum Gasteiger partial charge on any atom is 0.105 e. The van der Waals surface area contributed by atoms with Crippen molar-refractivity contribution >= 4 is 12.4 Å². The van der Waals surface area contributed by atoms with Crippen LogP contribution in [0.25, 0.3) is 0 Å². The molecule has 0 aromatic carbocycles. The Balaban J connectivity index is 0.000000640. The van der Waals surface area contributed by atoms with Crippen LogP contribution in [0.5, 0.6) is 0 Å².